The predicted molar refractivity (Wildman–Crippen MR) is 116 cm³/mol. The maximum absolute atomic E-state index is 13.0. The third-order valence-electron chi connectivity index (χ3n) is 3.79. The molecule has 0 fully saturated rings. The van der Waals surface area contributed by atoms with Crippen molar-refractivity contribution in [1.29, 1.82) is 0 Å². The fraction of sp³-hybridized carbons (Fsp3) is 0.381. The van der Waals surface area contributed by atoms with Gasteiger partial charge < -0.3 is 18.9 Å². The smallest absolute Gasteiger partial charge is 0.193 e. The molecular weight excluding hydrogens is 370 g/mol. The van der Waals surface area contributed by atoms with E-state index in [-0.39, 0.29) is 33.0 Å². The van der Waals surface area contributed by atoms with Crippen molar-refractivity contribution < 1.29 is 23.7 Å². The molecule has 0 amide bonds. The van der Waals surface area contributed by atoms with Gasteiger partial charge in [0.1, 0.15) is 28.6 Å². The van der Waals surface area contributed by atoms with Crippen LogP contribution in [0, 0.1) is 0 Å². The Balaban J connectivity index is 0.00000392. The summed E-state index contributed by atoms with van der Waals surface area (Å²) < 4.78 is 22.3. The number of carbonyl (C=O) groups excluding carboxylic acids is 1. The molecule has 0 aromatic heterocycles. The zero-order chi connectivity index (χ0) is 19.6. The summed E-state index contributed by atoms with van der Waals surface area (Å²) in [5, 5.41) is 0.838. The van der Waals surface area contributed by atoms with Gasteiger partial charge in [0.2, 0.25) is 0 Å². The number of rotatable bonds is 11. The topological polar surface area (TPSA) is 54.0 Å². The number of hydrogen-bond donors (Lipinski definition) is 0. The Bertz CT molecular complexity index is 744. The third kappa shape index (κ3) is 6.45. The first-order valence-corrected chi connectivity index (χ1v) is 10.1. The standard InChI is InChI=1S/C21H27O5P.Li/c1-5-12-25-15-10-11-19(18(14-15)26-13-6-2)27-21(22)20-16(23-3)8-7-9-17(20)24-4;/h7-11,14,27H,5-6,12-13H2,1-4H3;. The monoisotopic (exact) mass is 397 g/mol. The summed E-state index contributed by atoms with van der Waals surface area (Å²) in [4.78, 5) is 13.0. The molecule has 28 heavy (non-hydrogen) atoms. The molecule has 0 N–H and O–H groups in total. The Morgan fingerprint density at radius 1 is 0.893 bits per heavy atom. The van der Waals surface area contributed by atoms with E-state index in [1.165, 1.54) is 0 Å². The normalized spacial score (nSPS) is 10.4. The van der Waals surface area contributed by atoms with Gasteiger partial charge in [0.05, 0.1) is 27.4 Å². The molecule has 7 heteroatoms. The van der Waals surface area contributed by atoms with E-state index in [9.17, 15) is 4.79 Å². The molecule has 1 radical (unpaired) electrons. The van der Waals surface area contributed by atoms with Crippen molar-refractivity contribution in [1.82, 2.24) is 0 Å². The second-order valence-corrected chi connectivity index (χ2v) is 7.09. The molecule has 0 aliphatic rings. The van der Waals surface area contributed by atoms with Gasteiger partial charge in [-0.25, -0.2) is 0 Å². The Labute approximate surface area is 181 Å². The number of ether oxygens (including phenoxy) is 4. The number of benzene rings is 2. The van der Waals surface area contributed by atoms with E-state index in [0.717, 1.165) is 23.9 Å². The van der Waals surface area contributed by atoms with Gasteiger partial charge in [-0.1, -0.05) is 19.9 Å². The fourth-order valence-corrected chi connectivity index (χ4v) is 3.56. The van der Waals surface area contributed by atoms with Crippen LogP contribution in [-0.2, 0) is 0 Å². The van der Waals surface area contributed by atoms with E-state index in [1.807, 2.05) is 25.1 Å². The molecule has 1 atom stereocenters. The van der Waals surface area contributed by atoms with Gasteiger partial charge in [0.15, 0.2) is 5.52 Å². The van der Waals surface area contributed by atoms with Crippen LogP contribution >= 0.6 is 8.58 Å². The van der Waals surface area contributed by atoms with Crippen LogP contribution in [-0.4, -0.2) is 51.8 Å². The van der Waals surface area contributed by atoms with Crippen LogP contribution < -0.4 is 24.3 Å². The van der Waals surface area contributed by atoms with Crippen LogP contribution in [0.1, 0.15) is 37.0 Å². The molecule has 0 aliphatic carbocycles. The van der Waals surface area contributed by atoms with Crippen LogP contribution in [0.2, 0.25) is 0 Å². The summed E-state index contributed by atoms with van der Waals surface area (Å²) in [7, 11) is 2.98. The number of methoxy groups -OCH3 is 2. The van der Waals surface area contributed by atoms with Gasteiger partial charge in [-0.2, -0.15) is 0 Å². The minimum Gasteiger partial charge on any atom is -0.496 e. The molecular formula is C21H27LiO5P. The van der Waals surface area contributed by atoms with E-state index in [2.05, 4.69) is 6.92 Å². The SMILES string of the molecule is CCCOc1ccc(PC(=O)c2c(OC)cccc2OC)c(OCCC)c1.[Li]. The first-order chi connectivity index (χ1) is 13.1. The summed E-state index contributed by atoms with van der Waals surface area (Å²) in [5.41, 5.74) is 0.390. The van der Waals surface area contributed by atoms with Crippen molar-refractivity contribution in [3.8, 4) is 23.0 Å². The minimum atomic E-state index is -0.116. The molecule has 0 saturated carbocycles. The Morgan fingerprint density at radius 3 is 2.07 bits per heavy atom. The molecule has 5 nitrogen and oxygen atoms in total. The second-order valence-electron chi connectivity index (χ2n) is 5.85. The van der Waals surface area contributed by atoms with Crippen LogP contribution in [0.5, 0.6) is 23.0 Å². The van der Waals surface area contributed by atoms with Gasteiger partial charge >= 0.3 is 0 Å². The first-order valence-electron chi connectivity index (χ1n) is 9.06. The van der Waals surface area contributed by atoms with Crippen LogP contribution in [0.3, 0.4) is 0 Å². The molecule has 0 saturated heterocycles. The summed E-state index contributed by atoms with van der Waals surface area (Å²) in [6.45, 7) is 5.33. The zero-order valence-corrected chi connectivity index (χ0v) is 18.3. The van der Waals surface area contributed by atoms with Gasteiger partial charge in [-0.05, 0) is 45.7 Å². The second kappa shape index (κ2) is 12.7. The van der Waals surface area contributed by atoms with Crippen molar-refractivity contribution in [2.24, 2.45) is 0 Å². The van der Waals surface area contributed by atoms with Crippen molar-refractivity contribution in [2.45, 2.75) is 26.7 Å². The van der Waals surface area contributed by atoms with Crippen molar-refractivity contribution in [3.63, 3.8) is 0 Å². The Kier molecular flexibility index (Phi) is 11.1. The summed E-state index contributed by atoms with van der Waals surface area (Å²) in [6.07, 6.45) is 1.82. The molecule has 0 heterocycles. The molecule has 0 bridgehead atoms. The van der Waals surface area contributed by atoms with Gasteiger partial charge in [0.25, 0.3) is 0 Å². The molecule has 0 aliphatic heterocycles. The first kappa shape index (κ1) is 24.4. The van der Waals surface area contributed by atoms with Gasteiger partial charge in [0, 0.05) is 30.2 Å². The maximum atomic E-state index is 13.0. The predicted octanol–water partition coefficient (Wildman–Crippen LogP) is 4.04. The van der Waals surface area contributed by atoms with Crippen LogP contribution in [0.25, 0.3) is 0 Å². The molecule has 2 aromatic rings. The van der Waals surface area contributed by atoms with Crippen molar-refractivity contribution in [2.75, 3.05) is 27.4 Å². The quantitative estimate of drug-likeness (QED) is 0.423. The summed E-state index contributed by atoms with van der Waals surface area (Å²) >= 11 is 0. The van der Waals surface area contributed by atoms with E-state index >= 15 is 0 Å². The van der Waals surface area contributed by atoms with Crippen LogP contribution in [0.4, 0.5) is 0 Å². The Hall–Kier alpha value is -1.66. The number of hydrogen-bond acceptors (Lipinski definition) is 5. The van der Waals surface area contributed by atoms with Gasteiger partial charge in [-0.15, -0.1) is 0 Å². The Morgan fingerprint density at radius 2 is 1.50 bits per heavy atom. The molecule has 2 rings (SSSR count). The maximum Gasteiger partial charge on any atom is 0.193 e. The molecule has 1 unspecified atom stereocenters. The van der Waals surface area contributed by atoms with Crippen molar-refractivity contribution >= 4 is 38.3 Å². The average Bonchev–Trinajstić information content (AvgIpc) is 2.70. The summed E-state index contributed by atoms with van der Waals surface area (Å²) in [5.74, 6) is 2.45. The molecule has 0 spiro atoms. The average molecular weight is 397 g/mol. The van der Waals surface area contributed by atoms with Crippen LogP contribution in [0.15, 0.2) is 36.4 Å². The fourth-order valence-electron chi connectivity index (χ4n) is 2.51. The van der Waals surface area contributed by atoms with Gasteiger partial charge in [-0.3, -0.25) is 4.79 Å². The van der Waals surface area contributed by atoms with Crippen molar-refractivity contribution in [3.05, 3.63) is 42.0 Å². The largest absolute Gasteiger partial charge is 0.496 e. The molecule has 147 valence electrons. The van der Waals surface area contributed by atoms with E-state index in [1.54, 1.807) is 32.4 Å². The minimum absolute atomic E-state index is 0. The molecule has 2 aromatic carbocycles. The number of carbonyl (C=O) groups is 1. The van der Waals surface area contributed by atoms with E-state index < -0.39 is 0 Å². The summed E-state index contributed by atoms with van der Waals surface area (Å²) in [6, 6.07) is 11.0. The van der Waals surface area contributed by atoms with E-state index in [0.29, 0.717) is 36.0 Å². The third-order valence-corrected chi connectivity index (χ3v) is 4.95. The van der Waals surface area contributed by atoms with E-state index in [4.69, 9.17) is 18.9 Å². The zero-order valence-electron chi connectivity index (χ0n) is 17.3.